The van der Waals surface area contributed by atoms with Crippen molar-refractivity contribution in [2.75, 3.05) is 0 Å². The third-order valence-electron chi connectivity index (χ3n) is 6.75. The minimum atomic E-state index is -0.318. The molecule has 6 aromatic carbocycles. The molecule has 4 heteroatoms. The van der Waals surface area contributed by atoms with Crippen molar-refractivity contribution < 1.29 is 9.59 Å². The average molecular weight is 544 g/mol. The van der Waals surface area contributed by atoms with E-state index in [4.69, 9.17) is 0 Å². The van der Waals surface area contributed by atoms with Crippen molar-refractivity contribution in [1.82, 2.24) is 4.90 Å². The van der Waals surface area contributed by atoms with Crippen molar-refractivity contribution in [3.8, 4) is 0 Å². The van der Waals surface area contributed by atoms with Gasteiger partial charge in [-0.25, -0.2) is 0 Å². The molecule has 0 aliphatic rings. The summed E-state index contributed by atoms with van der Waals surface area (Å²) in [4.78, 5) is 30.1. The number of imide groups is 1. The summed E-state index contributed by atoms with van der Waals surface area (Å²) in [5, 5.41) is 5.37. The molecule has 178 valence electrons. The van der Waals surface area contributed by atoms with Crippen LogP contribution in [0.25, 0.3) is 32.3 Å². The molecule has 0 radical (unpaired) electrons. The van der Waals surface area contributed by atoms with Crippen molar-refractivity contribution in [1.29, 1.82) is 0 Å². The minimum absolute atomic E-state index is 0.158. The average Bonchev–Trinajstić information content (AvgIpc) is 2.94. The second-order valence-electron chi connectivity index (χ2n) is 9.04. The van der Waals surface area contributed by atoms with Gasteiger partial charge in [-0.05, 0) is 62.1 Å². The van der Waals surface area contributed by atoms with Gasteiger partial charge in [0.15, 0.2) is 0 Å². The van der Waals surface area contributed by atoms with E-state index in [2.05, 4.69) is 22.0 Å². The molecule has 0 N–H and O–H groups in total. The zero-order valence-corrected chi connectivity index (χ0v) is 21.5. The van der Waals surface area contributed by atoms with Crippen LogP contribution in [-0.4, -0.2) is 16.7 Å². The first kappa shape index (κ1) is 23.1. The Hall–Kier alpha value is -4.28. The van der Waals surface area contributed by atoms with Gasteiger partial charge in [0.05, 0.1) is 12.1 Å². The molecule has 6 aromatic rings. The van der Waals surface area contributed by atoms with Crippen molar-refractivity contribution >= 4 is 60.1 Å². The molecule has 0 aromatic heterocycles. The van der Waals surface area contributed by atoms with E-state index in [0.29, 0.717) is 11.1 Å². The summed E-state index contributed by atoms with van der Waals surface area (Å²) in [5.74, 6) is -0.629. The molecule has 0 fully saturated rings. The van der Waals surface area contributed by atoms with Gasteiger partial charge in [-0.2, -0.15) is 0 Å². The molecule has 3 nitrogen and oxygen atoms in total. The molecular formula is C33H22BrNO2. The predicted molar refractivity (Wildman–Crippen MR) is 154 cm³/mol. The molecule has 0 saturated heterocycles. The lowest BCUT2D eigenvalue weighted by atomic mass is 9.95. The molecule has 0 unspecified atom stereocenters. The number of hydrogen-bond donors (Lipinski definition) is 0. The van der Waals surface area contributed by atoms with Crippen LogP contribution in [0.1, 0.15) is 26.3 Å². The number of carbonyl (C=O) groups is 2. The van der Waals surface area contributed by atoms with E-state index in [1.165, 1.54) is 4.90 Å². The van der Waals surface area contributed by atoms with Crippen molar-refractivity contribution in [2.45, 2.75) is 6.54 Å². The maximum atomic E-state index is 14.5. The zero-order chi connectivity index (χ0) is 25.4. The highest BCUT2D eigenvalue weighted by molar-refractivity contribution is 9.10. The first-order valence-corrected chi connectivity index (χ1v) is 12.9. The molecule has 0 bridgehead atoms. The smallest absolute Gasteiger partial charge is 0.262 e. The quantitative estimate of drug-likeness (QED) is 0.165. The highest BCUT2D eigenvalue weighted by Crippen LogP contribution is 2.31. The summed E-state index contributed by atoms with van der Waals surface area (Å²) in [6.45, 7) is 0.158. The molecule has 6 rings (SSSR count). The van der Waals surface area contributed by atoms with Gasteiger partial charge in [0.1, 0.15) is 0 Å². The summed E-state index contributed by atoms with van der Waals surface area (Å²) in [7, 11) is 0. The Morgan fingerprint density at radius 3 is 1.76 bits per heavy atom. The Morgan fingerprint density at radius 2 is 1.11 bits per heavy atom. The van der Waals surface area contributed by atoms with Crippen LogP contribution in [-0.2, 0) is 6.54 Å². The number of fused-ring (bicyclic) bond motifs is 3. The highest BCUT2D eigenvalue weighted by Gasteiger charge is 2.28. The number of halogens is 1. The topological polar surface area (TPSA) is 37.4 Å². The van der Waals surface area contributed by atoms with Crippen LogP contribution in [0.2, 0.25) is 0 Å². The molecule has 0 aliphatic heterocycles. The van der Waals surface area contributed by atoms with Crippen LogP contribution in [0.15, 0.2) is 126 Å². The summed E-state index contributed by atoms with van der Waals surface area (Å²) < 4.78 is 0.939. The van der Waals surface area contributed by atoms with Crippen molar-refractivity contribution in [3.05, 3.63) is 142 Å². The molecule has 0 saturated carbocycles. The summed E-state index contributed by atoms with van der Waals surface area (Å²) in [6.07, 6.45) is 0. The van der Waals surface area contributed by atoms with Crippen LogP contribution >= 0.6 is 15.9 Å². The van der Waals surface area contributed by atoms with Gasteiger partial charge >= 0.3 is 0 Å². The third-order valence-corrected chi connectivity index (χ3v) is 7.28. The van der Waals surface area contributed by atoms with Gasteiger partial charge in [-0.15, -0.1) is 0 Å². The maximum absolute atomic E-state index is 14.5. The van der Waals surface area contributed by atoms with E-state index < -0.39 is 0 Å². The van der Waals surface area contributed by atoms with Gasteiger partial charge in [0.25, 0.3) is 11.8 Å². The van der Waals surface area contributed by atoms with Crippen LogP contribution in [0, 0.1) is 0 Å². The first-order valence-electron chi connectivity index (χ1n) is 12.1. The Balaban J connectivity index is 1.56. The summed E-state index contributed by atoms with van der Waals surface area (Å²) in [6, 6.07) is 38.9. The fourth-order valence-electron chi connectivity index (χ4n) is 4.94. The summed E-state index contributed by atoms with van der Waals surface area (Å²) in [5.41, 5.74) is 1.92. The van der Waals surface area contributed by atoms with Gasteiger partial charge in [0, 0.05) is 10.0 Å². The predicted octanol–water partition coefficient (Wildman–Crippen LogP) is 8.39. The van der Waals surface area contributed by atoms with Crippen molar-refractivity contribution in [3.63, 3.8) is 0 Å². The van der Waals surface area contributed by atoms with Gasteiger partial charge in [0.2, 0.25) is 0 Å². The Bertz CT molecular complexity index is 1750. The molecule has 2 amide bonds. The molecule has 0 aliphatic carbocycles. The summed E-state index contributed by atoms with van der Waals surface area (Å²) >= 11 is 3.48. The van der Waals surface area contributed by atoms with Crippen LogP contribution < -0.4 is 0 Å². The largest absolute Gasteiger partial charge is 0.270 e. The first-order chi connectivity index (χ1) is 18.1. The van der Waals surface area contributed by atoms with Crippen molar-refractivity contribution in [2.24, 2.45) is 0 Å². The second-order valence-corrected chi connectivity index (χ2v) is 9.96. The van der Waals surface area contributed by atoms with Crippen LogP contribution in [0.5, 0.6) is 0 Å². The van der Waals surface area contributed by atoms with E-state index in [0.717, 1.165) is 42.4 Å². The van der Waals surface area contributed by atoms with Gasteiger partial charge < -0.3 is 0 Å². The van der Waals surface area contributed by atoms with E-state index in [9.17, 15) is 9.59 Å². The normalized spacial score (nSPS) is 11.2. The van der Waals surface area contributed by atoms with E-state index in [1.54, 1.807) is 6.07 Å². The molecule has 0 atom stereocenters. The molecule has 37 heavy (non-hydrogen) atoms. The second kappa shape index (κ2) is 9.64. The Kier molecular flexibility index (Phi) is 6.03. The fraction of sp³-hybridized carbons (Fsp3) is 0.0303. The third kappa shape index (κ3) is 4.30. The number of nitrogens with zero attached hydrogens (tertiary/aromatic N) is 1. The van der Waals surface area contributed by atoms with Crippen LogP contribution in [0.3, 0.4) is 0 Å². The highest BCUT2D eigenvalue weighted by atomic mass is 79.9. The minimum Gasteiger partial charge on any atom is -0.270 e. The lowest BCUT2D eigenvalue weighted by Crippen LogP contribution is -2.36. The lowest BCUT2D eigenvalue weighted by Gasteiger charge is -2.24. The van der Waals surface area contributed by atoms with Gasteiger partial charge in [-0.3, -0.25) is 14.5 Å². The Labute approximate surface area is 223 Å². The monoisotopic (exact) mass is 543 g/mol. The lowest BCUT2D eigenvalue weighted by molar-refractivity contribution is 0.0607. The number of rotatable bonds is 4. The standard InChI is InChI=1S/C33H22BrNO2/c34-26-18-16-22(17-19-26)21-35(32(36)30-15-7-11-23-8-1-4-12-27(23)30)33(37)31-28-13-5-2-9-24(28)20-25-10-3-6-14-29(25)31/h1-20H,21H2. The number of carbonyl (C=O) groups excluding carboxylic acids is 2. The Morgan fingerprint density at radius 1 is 0.568 bits per heavy atom. The number of hydrogen-bond acceptors (Lipinski definition) is 2. The maximum Gasteiger partial charge on any atom is 0.262 e. The fourth-order valence-corrected chi connectivity index (χ4v) is 5.21. The number of amides is 2. The number of benzene rings is 6. The van der Waals surface area contributed by atoms with Gasteiger partial charge in [-0.1, -0.05) is 113 Å². The van der Waals surface area contributed by atoms with E-state index in [1.807, 2.05) is 109 Å². The van der Waals surface area contributed by atoms with E-state index in [-0.39, 0.29) is 18.4 Å². The molecule has 0 heterocycles. The SMILES string of the molecule is O=C(c1cccc2ccccc12)N(Cc1ccc(Br)cc1)C(=O)c1c2ccccc2cc2ccccc12. The molecular weight excluding hydrogens is 522 g/mol. The molecule has 0 spiro atoms. The van der Waals surface area contributed by atoms with E-state index >= 15 is 0 Å². The zero-order valence-electron chi connectivity index (χ0n) is 19.9. The van der Waals surface area contributed by atoms with Crippen LogP contribution in [0.4, 0.5) is 0 Å².